The maximum Gasteiger partial charge on any atom is 0.270 e. The van der Waals surface area contributed by atoms with Gasteiger partial charge >= 0.3 is 0 Å². The summed E-state index contributed by atoms with van der Waals surface area (Å²) in [5, 5.41) is 14.9. The first-order valence-electron chi connectivity index (χ1n) is 9.41. The molecule has 2 aromatic carbocycles. The maximum absolute atomic E-state index is 11.2. The van der Waals surface area contributed by atoms with E-state index in [1.54, 1.807) is 25.3 Å². The molecule has 0 aliphatic heterocycles. The monoisotopic (exact) mass is 484 g/mol. The average Bonchev–Trinajstić information content (AvgIpc) is 2.79. The van der Waals surface area contributed by atoms with Crippen LogP contribution in [0.3, 0.4) is 0 Å². The van der Waals surface area contributed by atoms with Crippen LogP contribution in [0.1, 0.15) is 6.42 Å². The zero-order valence-corrected chi connectivity index (χ0v) is 18.4. The number of nitrogens with two attached hydrogens (primary N) is 1. The zero-order chi connectivity index (χ0) is 22.2. The molecule has 3 rings (SSSR count). The second-order valence-electron chi connectivity index (χ2n) is 6.43. The van der Waals surface area contributed by atoms with Gasteiger partial charge in [-0.2, -0.15) is 0 Å². The number of hydrogen-bond donors (Lipinski definition) is 2. The van der Waals surface area contributed by atoms with Crippen molar-refractivity contribution in [3.8, 4) is 28.3 Å². The lowest BCUT2D eigenvalue weighted by atomic mass is 10.1. The van der Waals surface area contributed by atoms with Crippen molar-refractivity contribution in [3.63, 3.8) is 0 Å². The highest BCUT2D eigenvalue weighted by Crippen LogP contribution is 2.28. The number of alkyl halides is 1. The number of aromatic nitrogens is 2. The van der Waals surface area contributed by atoms with Gasteiger partial charge in [0.05, 0.1) is 23.4 Å². The minimum absolute atomic E-state index is 0.0209. The average molecular weight is 485 g/mol. The van der Waals surface area contributed by atoms with Crippen molar-refractivity contribution >= 4 is 33.5 Å². The van der Waals surface area contributed by atoms with Crippen LogP contribution >= 0.6 is 15.9 Å². The van der Waals surface area contributed by atoms with E-state index >= 15 is 0 Å². The van der Waals surface area contributed by atoms with Crippen LogP contribution in [0.25, 0.3) is 22.5 Å². The molecule has 0 radical (unpaired) electrons. The number of hydrogen-bond acceptors (Lipinski definition) is 6. The molecule has 0 fully saturated rings. The summed E-state index contributed by atoms with van der Waals surface area (Å²) in [6.45, 7) is 0.556. The van der Waals surface area contributed by atoms with Gasteiger partial charge in [-0.1, -0.05) is 28.1 Å². The Morgan fingerprint density at radius 1 is 1.16 bits per heavy atom. The first-order chi connectivity index (χ1) is 15.0. The van der Waals surface area contributed by atoms with Gasteiger partial charge in [-0.25, -0.2) is 9.97 Å². The largest absolute Gasteiger partial charge is 0.497 e. The number of benzene rings is 2. The van der Waals surface area contributed by atoms with Gasteiger partial charge in [0.2, 0.25) is 5.95 Å². The highest BCUT2D eigenvalue weighted by atomic mass is 79.9. The van der Waals surface area contributed by atoms with Crippen molar-refractivity contribution in [2.75, 3.05) is 24.3 Å². The second-order valence-corrected chi connectivity index (χ2v) is 7.23. The van der Waals surface area contributed by atoms with Gasteiger partial charge in [0.15, 0.2) is 5.96 Å². The van der Waals surface area contributed by atoms with E-state index in [-0.39, 0.29) is 17.6 Å². The van der Waals surface area contributed by atoms with E-state index in [9.17, 15) is 10.1 Å². The molecule has 0 aliphatic rings. The summed E-state index contributed by atoms with van der Waals surface area (Å²) in [5.41, 5.74) is 8.49. The molecular formula is C21H21BrN6O3. The Labute approximate surface area is 187 Å². The Hall–Kier alpha value is -3.53. The number of nitrogens with zero attached hydrogens (tertiary/aromatic N) is 4. The Kier molecular flexibility index (Phi) is 7.50. The number of halogens is 1. The smallest absolute Gasteiger partial charge is 0.270 e. The Bertz CT molecular complexity index is 1090. The number of methoxy groups -OCH3 is 1. The second kappa shape index (κ2) is 10.5. The number of non-ortho nitro benzene ring substituents is 1. The summed E-state index contributed by atoms with van der Waals surface area (Å²) < 4.78 is 5.21. The van der Waals surface area contributed by atoms with Crippen molar-refractivity contribution in [1.82, 2.24) is 9.97 Å². The van der Waals surface area contributed by atoms with E-state index in [1.807, 2.05) is 24.3 Å². The molecule has 0 amide bonds. The number of ether oxygens (including phenoxy) is 1. The van der Waals surface area contributed by atoms with Crippen LogP contribution in [0.5, 0.6) is 5.75 Å². The topological polar surface area (TPSA) is 129 Å². The standard InChI is InChI=1S/C21H21BrN6O3/c1-31-17-8-6-14(7-9-17)18-13-19(15-4-2-5-16(12-15)28(29)30)26-21(25-18)27-20(23)24-11-3-10-22/h2,4-9,12-13H,3,10-11H2,1H3,(H3,23,24,25,26,27). The van der Waals surface area contributed by atoms with Crippen molar-refractivity contribution in [2.45, 2.75) is 6.42 Å². The fraction of sp³-hybridized carbons (Fsp3) is 0.190. The molecule has 0 aliphatic carbocycles. The summed E-state index contributed by atoms with van der Waals surface area (Å²) in [6.07, 6.45) is 0.841. The Morgan fingerprint density at radius 2 is 1.87 bits per heavy atom. The summed E-state index contributed by atoms with van der Waals surface area (Å²) in [7, 11) is 1.60. The minimum Gasteiger partial charge on any atom is -0.497 e. The van der Waals surface area contributed by atoms with Crippen molar-refractivity contribution in [2.24, 2.45) is 10.7 Å². The third kappa shape index (κ3) is 5.98. The molecule has 3 N–H and O–H groups in total. The number of anilines is 1. The van der Waals surface area contributed by atoms with Crippen molar-refractivity contribution < 1.29 is 9.66 Å². The van der Waals surface area contributed by atoms with Gasteiger partial charge in [-0.05, 0) is 36.8 Å². The van der Waals surface area contributed by atoms with E-state index in [0.29, 0.717) is 23.5 Å². The Morgan fingerprint density at radius 3 is 2.52 bits per heavy atom. The lowest BCUT2D eigenvalue weighted by Gasteiger charge is -2.10. The fourth-order valence-electron chi connectivity index (χ4n) is 2.75. The van der Waals surface area contributed by atoms with Crippen molar-refractivity contribution in [3.05, 3.63) is 64.7 Å². The SMILES string of the molecule is COc1ccc(-c2cc(-c3cccc([N+](=O)[O-])c3)nc(NC(N)=NCCCBr)n2)cc1. The summed E-state index contributed by atoms with van der Waals surface area (Å²) in [4.78, 5) is 24.0. The molecule has 0 saturated heterocycles. The summed E-state index contributed by atoms with van der Waals surface area (Å²) in [6, 6.07) is 15.4. The van der Waals surface area contributed by atoms with Crippen LogP contribution in [0.15, 0.2) is 59.6 Å². The molecule has 9 nitrogen and oxygen atoms in total. The van der Waals surface area contributed by atoms with Crippen LogP contribution < -0.4 is 15.8 Å². The highest BCUT2D eigenvalue weighted by Gasteiger charge is 2.13. The molecule has 0 saturated carbocycles. The van der Waals surface area contributed by atoms with E-state index in [0.717, 1.165) is 23.1 Å². The molecule has 0 bridgehead atoms. The van der Waals surface area contributed by atoms with E-state index < -0.39 is 4.92 Å². The van der Waals surface area contributed by atoms with Crippen LogP contribution in [0.4, 0.5) is 11.6 Å². The third-order valence-electron chi connectivity index (χ3n) is 4.28. The minimum atomic E-state index is -0.442. The molecule has 1 heterocycles. The van der Waals surface area contributed by atoms with E-state index in [2.05, 4.69) is 36.2 Å². The molecule has 3 aromatic rings. The zero-order valence-electron chi connectivity index (χ0n) is 16.8. The molecule has 0 atom stereocenters. The number of guanidine groups is 1. The van der Waals surface area contributed by atoms with Gasteiger partial charge in [0.1, 0.15) is 5.75 Å². The van der Waals surface area contributed by atoms with E-state index in [1.165, 1.54) is 12.1 Å². The normalized spacial score (nSPS) is 11.2. The first kappa shape index (κ1) is 22.2. The number of nitro benzene ring substituents is 1. The number of nitrogens with one attached hydrogen (secondary N) is 1. The lowest BCUT2D eigenvalue weighted by molar-refractivity contribution is -0.384. The molecule has 0 spiro atoms. The van der Waals surface area contributed by atoms with Crippen LogP contribution in [0.2, 0.25) is 0 Å². The van der Waals surface area contributed by atoms with E-state index in [4.69, 9.17) is 10.5 Å². The third-order valence-corrected chi connectivity index (χ3v) is 4.84. The predicted octanol–water partition coefficient (Wildman–Crippen LogP) is 4.24. The summed E-state index contributed by atoms with van der Waals surface area (Å²) >= 11 is 3.35. The molecule has 31 heavy (non-hydrogen) atoms. The highest BCUT2D eigenvalue weighted by molar-refractivity contribution is 9.09. The molecule has 1 aromatic heterocycles. The molecule has 160 valence electrons. The van der Waals surface area contributed by atoms with Gasteiger partial charge in [-0.15, -0.1) is 0 Å². The van der Waals surface area contributed by atoms with Crippen LogP contribution in [-0.2, 0) is 0 Å². The van der Waals surface area contributed by atoms with Gasteiger partial charge in [0.25, 0.3) is 5.69 Å². The lowest BCUT2D eigenvalue weighted by Crippen LogP contribution is -2.24. The van der Waals surface area contributed by atoms with Crippen LogP contribution in [-0.4, -0.2) is 39.8 Å². The van der Waals surface area contributed by atoms with Crippen molar-refractivity contribution in [1.29, 1.82) is 0 Å². The number of nitro groups is 1. The molecular weight excluding hydrogens is 464 g/mol. The Balaban J connectivity index is 2.03. The number of rotatable bonds is 8. The molecule has 0 unspecified atom stereocenters. The molecule has 10 heteroatoms. The quantitative estimate of drug-likeness (QED) is 0.122. The predicted molar refractivity (Wildman–Crippen MR) is 125 cm³/mol. The van der Waals surface area contributed by atoms with Crippen LogP contribution in [0, 0.1) is 10.1 Å². The first-order valence-corrected chi connectivity index (χ1v) is 10.5. The number of aliphatic imine (C=N–C) groups is 1. The van der Waals surface area contributed by atoms with Gasteiger partial charge in [-0.3, -0.25) is 20.4 Å². The maximum atomic E-state index is 11.2. The van der Waals surface area contributed by atoms with Gasteiger partial charge in [0, 0.05) is 35.1 Å². The summed E-state index contributed by atoms with van der Waals surface area (Å²) in [5.74, 6) is 1.16. The van der Waals surface area contributed by atoms with Gasteiger partial charge < -0.3 is 10.5 Å². The fourth-order valence-corrected chi connectivity index (χ4v) is 3.00.